The van der Waals surface area contributed by atoms with Crippen molar-refractivity contribution >= 4 is 5.97 Å². The molecule has 0 radical (unpaired) electrons. The van der Waals surface area contributed by atoms with Gasteiger partial charge in [0.1, 0.15) is 23.4 Å². The van der Waals surface area contributed by atoms with Gasteiger partial charge < -0.3 is 28.4 Å². The number of fused-ring (bicyclic) bond motifs is 2. The van der Waals surface area contributed by atoms with Gasteiger partial charge in [0, 0.05) is 14.2 Å². The number of hydrogen-bond donors (Lipinski definition) is 0. The van der Waals surface area contributed by atoms with Crippen LogP contribution < -0.4 is 4.74 Å². The highest BCUT2D eigenvalue weighted by Crippen LogP contribution is 2.52. The van der Waals surface area contributed by atoms with E-state index in [2.05, 4.69) is 0 Å². The Bertz CT molecular complexity index is 665. The number of benzene rings is 1. The Morgan fingerprint density at radius 2 is 1.81 bits per heavy atom. The van der Waals surface area contributed by atoms with Crippen LogP contribution in [0.4, 0.5) is 0 Å². The van der Waals surface area contributed by atoms with Crippen molar-refractivity contribution in [3.63, 3.8) is 0 Å². The lowest BCUT2D eigenvalue weighted by molar-refractivity contribution is -0.245. The van der Waals surface area contributed by atoms with Gasteiger partial charge >= 0.3 is 5.97 Å². The van der Waals surface area contributed by atoms with Crippen LogP contribution in [0.1, 0.15) is 5.56 Å². The Labute approximate surface area is 152 Å². The lowest BCUT2D eigenvalue weighted by Crippen LogP contribution is -2.56. The van der Waals surface area contributed by atoms with E-state index in [1.165, 1.54) is 21.3 Å². The molecule has 7 heteroatoms. The summed E-state index contributed by atoms with van der Waals surface area (Å²) in [7, 11) is 5.93. The number of hydrogen-bond acceptors (Lipinski definition) is 7. The van der Waals surface area contributed by atoms with Gasteiger partial charge in [-0.3, -0.25) is 4.79 Å². The van der Waals surface area contributed by atoms with Crippen LogP contribution in [0, 0.1) is 5.92 Å². The summed E-state index contributed by atoms with van der Waals surface area (Å²) >= 11 is 0. The van der Waals surface area contributed by atoms with Crippen molar-refractivity contribution in [2.75, 3.05) is 35.0 Å². The summed E-state index contributed by atoms with van der Waals surface area (Å²) in [4.78, 5) is 12.5. The summed E-state index contributed by atoms with van der Waals surface area (Å²) < 4.78 is 33.2. The van der Waals surface area contributed by atoms with Crippen LogP contribution in [0.25, 0.3) is 0 Å². The molecule has 7 nitrogen and oxygen atoms in total. The summed E-state index contributed by atoms with van der Waals surface area (Å²) in [5.74, 6) is -1.70. The molecule has 142 valence electrons. The fourth-order valence-corrected chi connectivity index (χ4v) is 3.70. The molecule has 0 aromatic heterocycles. The zero-order valence-corrected chi connectivity index (χ0v) is 15.4. The van der Waals surface area contributed by atoms with E-state index in [4.69, 9.17) is 28.4 Å². The summed E-state index contributed by atoms with van der Waals surface area (Å²) in [6, 6.07) is 7.58. The normalized spacial score (nSPS) is 28.3. The van der Waals surface area contributed by atoms with E-state index in [0.717, 1.165) is 11.3 Å². The molecule has 0 N–H and O–H groups in total. The van der Waals surface area contributed by atoms with E-state index in [0.29, 0.717) is 6.61 Å². The highest BCUT2D eigenvalue weighted by atomic mass is 16.7. The molecule has 0 saturated carbocycles. The largest absolute Gasteiger partial charge is 0.497 e. The Hall–Kier alpha value is -1.93. The molecule has 0 aliphatic carbocycles. The Morgan fingerprint density at radius 3 is 2.38 bits per heavy atom. The first-order chi connectivity index (χ1) is 12.5. The third kappa shape index (κ3) is 2.91. The van der Waals surface area contributed by atoms with Crippen molar-refractivity contribution < 1.29 is 33.2 Å². The van der Waals surface area contributed by atoms with Crippen molar-refractivity contribution in [1.82, 2.24) is 0 Å². The van der Waals surface area contributed by atoms with Gasteiger partial charge in [-0.15, -0.1) is 0 Å². The quantitative estimate of drug-likeness (QED) is 0.395. The zero-order chi connectivity index (χ0) is 18.8. The van der Waals surface area contributed by atoms with Crippen molar-refractivity contribution in [3.8, 4) is 5.75 Å². The number of carbonyl (C=O) groups excluding carboxylic acids is 1. The van der Waals surface area contributed by atoms with Gasteiger partial charge in [0.15, 0.2) is 0 Å². The highest BCUT2D eigenvalue weighted by molar-refractivity contribution is 5.77. The fourth-order valence-electron chi connectivity index (χ4n) is 3.70. The van der Waals surface area contributed by atoms with Gasteiger partial charge in [0.05, 0.1) is 27.4 Å². The molecule has 2 aliphatic rings. The smallest absolute Gasteiger partial charge is 0.317 e. The van der Waals surface area contributed by atoms with Gasteiger partial charge in [0.25, 0.3) is 0 Å². The second kappa shape index (κ2) is 7.36. The Balaban J connectivity index is 1.74. The van der Waals surface area contributed by atoms with E-state index in [1.54, 1.807) is 7.11 Å². The summed E-state index contributed by atoms with van der Waals surface area (Å²) in [6.45, 7) is 0.536. The molecule has 0 spiro atoms. The summed E-state index contributed by atoms with van der Waals surface area (Å²) in [5, 5.41) is 0. The van der Waals surface area contributed by atoms with Gasteiger partial charge in [0.2, 0.25) is 5.79 Å². The minimum Gasteiger partial charge on any atom is -0.497 e. The molecule has 0 unspecified atom stereocenters. The summed E-state index contributed by atoms with van der Waals surface area (Å²) in [6.07, 6.45) is 3.17. The molecule has 3 rings (SSSR count). The van der Waals surface area contributed by atoms with E-state index in [-0.39, 0.29) is 6.61 Å². The minimum atomic E-state index is -1.23. The maximum Gasteiger partial charge on any atom is 0.317 e. The van der Waals surface area contributed by atoms with Crippen LogP contribution in [0.2, 0.25) is 0 Å². The van der Waals surface area contributed by atoms with Crippen molar-refractivity contribution in [3.05, 3.63) is 42.0 Å². The van der Waals surface area contributed by atoms with Gasteiger partial charge in [-0.1, -0.05) is 24.3 Å². The first-order valence-corrected chi connectivity index (χ1v) is 8.31. The van der Waals surface area contributed by atoms with E-state index in [1.807, 2.05) is 36.4 Å². The Kier molecular flexibility index (Phi) is 5.34. The van der Waals surface area contributed by atoms with E-state index >= 15 is 0 Å². The van der Waals surface area contributed by atoms with Gasteiger partial charge in [-0.25, -0.2) is 0 Å². The van der Waals surface area contributed by atoms with Crippen LogP contribution in [-0.2, 0) is 35.1 Å². The number of ether oxygens (including phenoxy) is 6. The molecular weight excluding hydrogens is 340 g/mol. The van der Waals surface area contributed by atoms with Crippen LogP contribution >= 0.6 is 0 Å². The van der Waals surface area contributed by atoms with Crippen molar-refractivity contribution in [1.29, 1.82) is 0 Å². The molecule has 2 aliphatic heterocycles. The number of rotatable bonds is 8. The maximum absolute atomic E-state index is 12.5. The van der Waals surface area contributed by atoms with Crippen LogP contribution in [0.15, 0.2) is 36.4 Å². The predicted molar refractivity (Wildman–Crippen MR) is 91.6 cm³/mol. The lowest BCUT2D eigenvalue weighted by Gasteiger charge is -2.38. The molecular formula is C19H24O7. The van der Waals surface area contributed by atoms with Crippen molar-refractivity contribution in [2.24, 2.45) is 5.92 Å². The average Bonchev–Trinajstić information content (AvgIpc) is 3.22. The Morgan fingerprint density at radius 1 is 1.12 bits per heavy atom. The minimum absolute atomic E-state index is 0.167. The number of esters is 1. The predicted octanol–water partition coefficient (Wildman–Crippen LogP) is 1.70. The number of methoxy groups -OCH3 is 4. The van der Waals surface area contributed by atoms with Crippen LogP contribution in [0.3, 0.4) is 0 Å². The third-order valence-corrected chi connectivity index (χ3v) is 5.02. The molecule has 1 fully saturated rings. The molecule has 2 heterocycles. The first-order valence-electron chi connectivity index (χ1n) is 8.31. The highest BCUT2D eigenvalue weighted by Gasteiger charge is 2.70. The first kappa shape index (κ1) is 18.8. The molecule has 1 aromatic rings. The van der Waals surface area contributed by atoms with Gasteiger partial charge in [-0.2, -0.15) is 0 Å². The topological polar surface area (TPSA) is 72.5 Å². The molecule has 2 bridgehead atoms. The molecule has 0 amide bonds. The van der Waals surface area contributed by atoms with Crippen LogP contribution in [0.5, 0.6) is 5.75 Å². The fraction of sp³-hybridized carbons (Fsp3) is 0.526. The molecule has 3 atom stereocenters. The standard InChI is InChI=1S/C19H24O7/c1-21-14-7-5-13(6-8-14)11-25-12-18-10-9-15(26-18)19(23-3,24-4)16(18)17(20)22-2/h5-10,15-16H,11-12H2,1-4H3/t15-,16-,18-/m1/s1. The molecule has 1 aromatic carbocycles. The third-order valence-electron chi connectivity index (χ3n) is 5.02. The zero-order valence-electron chi connectivity index (χ0n) is 15.4. The second-order valence-electron chi connectivity index (χ2n) is 6.28. The lowest BCUT2D eigenvalue weighted by atomic mass is 9.78. The second-order valence-corrected chi connectivity index (χ2v) is 6.28. The SMILES string of the molecule is COC(=O)[C@H]1C(OC)(OC)[C@H]2C=C[C@]1(COCc1ccc(OC)cc1)O2. The monoisotopic (exact) mass is 364 g/mol. The molecule has 1 saturated heterocycles. The van der Waals surface area contributed by atoms with Crippen LogP contribution in [-0.4, -0.2) is 58.5 Å². The maximum atomic E-state index is 12.5. The van der Waals surface area contributed by atoms with E-state index in [9.17, 15) is 4.79 Å². The van der Waals surface area contributed by atoms with Crippen molar-refractivity contribution in [2.45, 2.75) is 24.1 Å². The van der Waals surface area contributed by atoms with E-state index < -0.39 is 29.4 Å². The average molecular weight is 364 g/mol. The molecule has 26 heavy (non-hydrogen) atoms. The number of carbonyl (C=O) groups is 1. The summed E-state index contributed by atoms with van der Waals surface area (Å²) in [5.41, 5.74) is -0.00549. The van der Waals surface area contributed by atoms with Gasteiger partial charge in [-0.05, 0) is 17.7 Å².